The fourth-order valence-corrected chi connectivity index (χ4v) is 3.31. The van der Waals surface area contributed by atoms with E-state index in [-0.39, 0.29) is 5.91 Å². The van der Waals surface area contributed by atoms with Crippen LogP contribution in [0.1, 0.15) is 25.9 Å². The van der Waals surface area contributed by atoms with E-state index in [2.05, 4.69) is 27.4 Å². The minimum absolute atomic E-state index is 0.0297. The second-order valence-electron chi connectivity index (χ2n) is 5.01. The Kier molecular flexibility index (Phi) is 3.75. The molecule has 2 aromatic heterocycles. The first kappa shape index (κ1) is 13.8. The summed E-state index contributed by atoms with van der Waals surface area (Å²) in [4.78, 5) is 20.4. The first-order valence-electron chi connectivity index (χ1n) is 6.92. The van der Waals surface area contributed by atoms with Crippen LogP contribution in [-0.4, -0.2) is 22.4 Å². The van der Waals surface area contributed by atoms with Crippen LogP contribution in [0.5, 0.6) is 0 Å². The molecule has 0 saturated heterocycles. The Morgan fingerprint density at radius 3 is 2.90 bits per heavy atom. The molecule has 0 unspecified atom stereocenters. The molecule has 1 aromatic carbocycles. The van der Waals surface area contributed by atoms with Gasteiger partial charge in [-0.15, -0.1) is 11.3 Å². The highest BCUT2D eigenvalue weighted by Gasteiger charge is 2.13. The van der Waals surface area contributed by atoms with Crippen LogP contribution in [0.2, 0.25) is 0 Å². The van der Waals surface area contributed by atoms with Gasteiger partial charge in [-0.3, -0.25) is 4.79 Å². The van der Waals surface area contributed by atoms with E-state index >= 15 is 0 Å². The molecule has 3 rings (SSSR count). The van der Waals surface area contributed by atoms with E-state index in [1.165, 1.54) is 22.3 Å². The molecule has 2 heterocycles. The van der Waals surface area contributed by atoms with E-state index in [1.54, 1.807) is 0 Å². The molecule has 0 spiro atoms. The molecular weight excluding hydrogens is 282 g/mol. The Morgan fingerprint density at radius 2 is 2.14 bits per heavy atom. The Labute approximate surface area is 127 Å². The predicted octanol–water partition coefficient (Wildman–Crippen LogP) is 3.21. The lowest BCUT2D eigenvalue weighted by molar-refractivity contribution is 0.0957. The number of rotatable bonds is 4. The molecule has 0 bridgehead atoms. The highest BCUT2D eigenvalue weighted by molar-refractivity contribution is 7.13. The van der Waals surface area contributed by atoms with Crippen LogP contribution in [0, 0.1) is 13.8 Å². The van der Waals surface area contributed by atoms with E-state index in [0.717, 1.165) is 22.6 Å². The van der Waals surface area contributed by atoms with Gasteiger partial charge in [-0.25, -0.2) is 4.98 Å². The van der Waals surface area contributed by atoms with Crippen LogP contribution >= 0.6 is 11.3 Å². The van der Waals surface area contributed by atoms with Crippen LogP contribution in [0.3, 0.4) is 0 Å². The molecule has 5 heteroatoms. The molecule has 1 amide bonds. The van der Waals surface area contributed by atoms with Crippen molar-refractivity contribution >= 4 is 28.1 Å². The first-order valence-corrected chi connectivity index (χ1v) is 7.74. The zero-order chi connectivity index (χ0) is 14.8. The number of aryl methyl sites for hydroxylation is 2. The van der Waals surface area contributed by atoms with E-state index in [1.807, 2.05) is 32.2 Å². The van der Waals surface area contributed by atoms with Crippen molar-refractivity contribution < 1.29 is 4.79 Å². The summed E-state index contributed by atoms with van der Waals surface area (Å²) in [5, 5.41) is 5.12. The van der Waals surface area contributed by atoms with Gasteiger partial charge < -0.3 is 10.3 Å². The third kappa shape index (κ3) is 2.83. The number of aromatic amines is 1. The zero-order valence-corrected chi connectivity index (χ0v) is 12.9. The predicted molar refractivity (Wildman–Crippen MR) is 85.9 cm³/mol. The number of H-pyrrole nitrogens is 1. The molecule has 21 heavy (non-hydrogen) atoms. The fraction of sp³-hybridized carbons (Fsp3) is 0.250. The molecule has 0 radical (unpaired) electrons. The zero-order valence-electron chi connectivity index (χ0n) is 12.1. The number of thiazole rings is 1. The first-order chi connectivity index (χ1) is 10.1. The summed E-state index contributed by atoms with van der Waals surface area (Å²) in [5.74, 6) is -0.0297. The second kappa shape index (κ2) is 5.69. The Morgan fingerprint density at radius 1 is 1.33 bits per heavy atom. The number of amides is 1. The molecule has 108 valence electrons. The average molecular weight is 299 g/mol. The third-order valence-electron chi connectivity index (χ3n) is 3.46. The van der Waals surface area contributed by atoms with E-state index in [4.69, 9.17) is 0 Å². The average Bonchev–Trinajstić information content (AvgIpc) is 3.02. The summed E-state index contributed by atoms with van der Waals surface area (Å²) in [5.41, 5.74) is 3.16. The van der Waals surface area contributed by atoms with Crippen molar-refractivity contribution in [3.63, 3.8) is 0 Å². The Hall–Kier alpha value is -2.14. The van der Waals surface area contributed by atoms with Crippen molar-refractivity contribution in [2.75, 3.05) is 6.54 Å². The van der Waals surface area contributed by atoms with Gasteiger partial charge in [0, 0.05) is 23.6 Å². The number of carbonyl (C=O) groups excluding carboxylic acids is 1. The minimum atomic E-state index is -0.0297. The van der Waals surface area contributed by atoms with Crippen molar-refractivity contribution in [2.45, 2.75) is 20.3 Å². The van der Waals surface area contributed by atoms with Gasteiger partial charge in [0.2, 0.25) is 0 Å². The summed E-state index contributed by atoms with van der Waals surface area (Å²) in [6.07, 6.45) is 2.82. The SMILES string of the molecule is Cc1nc(C)c(C(=O)NCCc2c[nH]c3ccccc23)s1. The lowest BCUT2D eigenvalue weighted by atomic mass is 10.1. The van der Waals surface area contributed by atoms with Crippen molar-refractivity contribution in [1.29, 1.82) is 0 Å². The summed E-state index contributed by atoms with van der Waals surface area (Å²) < 4.78 is 0. The number of carbonyl (C=O) groups is 1. The maximum Gasteiger partial charge on any atom is 0.263 e. The quantitative estimate of drug-likeness (QED) is 0.777. The molecule has 0 aliphatic rings. The smallest absolute Gasteiger partial charge is 0.263 e. The number of para-hydroxylation sites is 1. The maximum atomic E-state index is 12.1. The molecular formula is C16H17N3OS. The molecule has 0 fully saturated rings. The molecule has 3 aromatic rings. The molecule has 0 aliphatic carbocycles. The van der Waals surface area contributed by atoms with Crippen molar-refractivity contribution in [3.05, 3.63) is 51.6 Å². The normalized spacial score (nSPS) is 11.0. The van der Waals surface area contributed by atoms with Crippen molar-refractivity contribution in [1.82, 2.24) is 15.3 Å². The van der Waals surface area contributed by atoms with Gasteiger partial charge in [0.15, 0.2) is 0 Å². The van der Waals surface area contributed by atoms with E-state index < -0.39 is 0 Å². The van der Waals surface area contributed by atoms with Gasteiger partial charge >= 0.3 is 0 Å². The van der Waals surface area contributed by atoms with Gasteiger partial charge in [-0.1, -0.05) is 18.2 Å². The highest BCUT2D eigenvalue weighted by Crippen LogP contribution is 2.18. The number of aromatic nitrogens is 2. The lowest BCUT2D eigenvalue weighted by Crippen LogP contribution is -2.25. The topological polar surface area (TPSA) is 57.8 Å². The molecule has 0 aliphatic heterocycles. The van der Waals surface area contributed by atoms with E-state index in [9.17, 15) is 4.79 Å². The lowest BCUT2D eigenvalue weighted by Gasteiger charge is -2.03. The Bertz CT molecular complexity index is 788. The van der Waals surface area contributed by atoms with E-state index in [0.29, 0.717) is 11.4 Å². The van der Waals surface area contributed by atoms with Crippen LogP contribution in [0.15, 0.2) is 30.5 Å². The van der Waals surface area contributed by atoms with Gasteiger partial charge in [0.25, 0.3) is 5.91 Å². The number of benzene rings is 1. The number of nitrogens with one attached hydrogen (secondary N) is 2. The Balaban J connectivity index is 1.64. The van der Waals surface area contributed by atoms with Gasteiger partial charge in [0.05, 0.1) is 10.7 Å². The molecule has 2 N–H and O–H groups in total. The van der Waals surface area contributed by atoms with Gasteiger partial charge in [-0.2, -0.15) is 0 Å². The number of hydrogen-bond acceptors (Lipinski definition) is 3. The standard InChI is InChI=1S/C16H17N3OS/c1-10-15(21-11(2)19-10)16(20)17-8-7-12-9-18-14-6-4-3-5-13(12)14/h3-6,9,18H,7-8H2,1-2H3,(H,17,20). The van der Waals surface area contributed by atoms with Crippen molar-refractivity contribution in [2.24, 2.45) is 0 Å². The summed E-state index contributed by atoms with van der Waals surface area (Å²) in [6, 6.07) is 8.20. The largest absolute Gasteiger partial charge is 0.361 e. The fourth-order valence-electron chi connectivity index (χ4n) is 2.47. The van der Waals surface area contributed by atoms with Crippen molar-refractivity contribution in [3.8, 4) is 0 Å². The van der Waals surface area contributed by atoms with Crippen LogP contribution < -0.4 is 5.32 Å². The summed E-state index contributed by atoms with van der Waals surface area (Å²) >= 11 is 1.44. The number of hydrogen-bond donors (Lipinski definition) is 2. The third-order valence-corrected chi connectivity index (χ3v) is 4.54. The number of nitrogens with zero attached hydrogens (tertiary/aromatic N) is 1. The number of fused-ring (bicyclic) bond motifs is 1. The monoisotopic (exact) mass is 299 g/mol. The van der Waals surface area contributed by atoms with Gasteiger partial charge in [0.1, 0.15) is 4.88 Å². The minimum Gasteiger partial charge on any atom is -0.361 e. The maximum absolute atomic E-state index is 12.1. The molecule has 0 atom stereocenters. The second-order valence-corrected chi connectivity index (χ2v) is 6.22. The van der Waals surface area contributed by atoms with Crippen LogP contribution in [0.4, 0.5) is 0 Å². The molecule has 0 saturated carbocycles. The molecule has 4 nitrogen and oxygen atoms in total. The summed E-state index contributed by atoms with van der Waals surface area (Å²) in [7, 11) is 0. The van der Waals surface area contributed by atoms with Gasteiger partial charge in [-0.05, 0) is 31.9 Å². The van der Waals surface area contributed by atoms with Crippen LogP contribution in [0.25, 0.3) is 10.9 Å². The summed E-state index contributed by atoms with van der Waals surface area (Å²) in [6.45, 7) is 4.41. The highest BCUT2D eigenvalue weighted by atomic mass is 32.1. The van der Waals surface area contributed by atoms with Crippen LogP contribution in [-0.2, 0) is 6.42 Å².